The lowest BCUT2D eigenvalue weighted by molar-refractivity contribution is 0.0997. The number of aromatic nitrogens is 1. The van der Waals surface area contributed by atoms with Crippen LogP contribution in [0.25, 0.3) is 0 Å². The number of hydrogen-bond donors (Lipinski definition) is 1. The van der Waals surface area contributed by atoms with Crippen molar-refractivity contribution in [3.8, 4) is 0 Å². The van der Waals surface area contributed by atoms with Crippen molar-refractivity contribution in [1.82, 2.24) is 4.57 Å². The van der Waals surface area contributed by atoms with Crippen LogP contribution in [0, 0.1) is 19.8 Å². The molecular formula is C16H26N2O2. The molecule has 1 atom stereocenters. The summed E-state index contributed by atoms with van der Waals surface area (Å²) in [6.45, 7) is 8.64. The Kier molecular flexibility index (Phi) is 5.99. The first-order valence-corrected chi connectivity index (χ1v) is 7.43. The molecule has 0 radical (unpaired) electrons. The van der Waals surface area contributed by atoms with Crippen molar-refractivity contribution in [2.45, 2.75) is 59.9 Å². The number of aryl methyl sites for hydroxylation is 2. The molecule has 4 heteroatoms. The van der Waals surface area contributed by atoms with Crippen LogP contribution in [0.15, 0.2) is 10.9 Å². The molecule has 0 aliphatic carbocycles. The van der Waals surface area contributed by atoms with Gasteiger partial charge < -0.3 is 10.3 Å². The Morgan fingerprint density at radius 2 is 2.00 bits per heavy atom. The van der Waals surface area contributed by atoms with Gasteiger partial charge in [-0.05, 0) is 37.8 Å². The summed E-state index contributed by atoms with van der Waals surface area (Å²) in [4.78, 5) is 23.9. The van der Waals surface area contributed by atoms with Gasteiger partial charge in [-0.25, -0.2) is 0 Å². The summed E-state index contributed by atoms with van der Waals surface area (Å²) in [7, 11) is 0. The lowest BCUT2D eigenvalue weighted by Gasteiger charge is -2.19. The van der Waals surface area contributed by atoms with E-state index < -0.39 is 5.91 Å². The first-order chi connectivity index (χ1) is 9.42. The highest BCUT2D eigenvalue weighted by Crippen LogP contribution is 2.16. The number of unbranched alkanes of at least 4 members (excludes halogenated alkanes) is 1. The minimum atomic E-state index is -0.636. The van der Waals surface area contributed by atoms with Crippen LogP contribution in [0.4, 0.5) is 0 Å². The van der Waals surface area contributed by atoms with Gasteiger partial charge in [0.05, 0.1) is 0 Å². The van der Waals surface area contributed by atoms with E-state index in [4.69, 9.17) is 5.73 Å². The molecule has 1 rings (SSSR count). The van der Waals surface area contributed by atoms with Crippen molar-refractivity contribution in [3.05, 3.63) is 33.2 Å². The number of hydrogen-bond acceptors (Lipinski definition) is 2. The summed E-state index contributed by atoms with van der Waals surface area (Å²) >= 11 is 0. The topological polar surface area (TPSA) is 65.1 Å². The molecule has 0 fully saturated rings. The molecule has 4 nitrogen and oxygen atoms in total. The van der Waals surface area contributed by atoms with Crippen LogP contribution in [0.5, 0.6) is 0 Å². The first-order valence-electron chi connectivity index (χ1n) is 7.43. The molecule has 20 heavy (non-hydrogen) atoms. The highest BCUT2D eigenvalue weighted by molar-refractivity contribution is 5.93. The van der Waals surface area contributed by atoms with E-state index in [1.165, 1.54) is 6.42 Å². The van der Waals surface area contributed by atoms with Gasteiger partial charge in [0.15, 0.2) is 0 Å². The maximum absolute atomic E-state index is 12.4. The summed E-state index contributed by atoms with van der Waals surface area (Å²) < 4.78 is 1.71. The maximum atomic E-state index is 12.4. The second-order valence-corrected chi connectivity index (χ2v) is 5.54. The molecule has 2 N–H and O–H groups in total. The van der Waals surface area contributed by atoms with E-state index in [-0.39, 0.29) is 11.1 Å². The third-order valence-electron chi connectivity index (χ3n) is 3.93. The maximum Gasteiger partial charge on any atom is 0.263 e. The predicted molar refractivity (Wildman–Crippen MR) is 82.0 cm³/mol. The molecular weight excluding hydrogens is 252 g/mol. The number of primary amides is 1. The molecule has 0 saturated carbocycles. The quantitative estimate of drug-likeness (QED) is 0.833. The van der Waals surface area contributed by atoms with Gasteiger partial charge in [0.2, 0.25) is 0 Å². The van der Waals surface area contributed by atoms with Crippen molar-refractivity contribution in [1.29, 1.82) is 0 Å². The van der Waals surface area contributed by atoms with Gasteiger partial charge in [0.1, 0.15) is 5.56 Å². The van der Waals surface area contributed by atoms with Crippen molar-refractivity contribution >= 4 is 5.91 Å². The number of carbonyl (C=O) groups excluding carboxylic acids is 1. The average molecular weight is 278 g/mol. The van der Waals surface area contributed by atoms with Crippen LogP contribution < -0.4 is 11.3 Å². The molecule has 1 heterocycles. The molecule has 0 aliphatic heterocycles. The van der Waals surface area contributed by atoms with Crippen LogP contribution in [0.1, 0.15) is 61.1 Å². The van der Waals surface area contributed by atoms with Gasteiger partial charge in [-0.3, -0.25) is 9.59 Å². The third-order valence-corrected chi connectivity index (χ3v) is 3.93. The van der Waals surface area contributed by atoms with Gasteiger partial charge in [-0.2, -0.15) is 0 Å². The predicted octanol–water partition coefficient (Wildman–Crippen LogP) is 2.78. The minimum Gasteiger partial charge on any atom is -0.365 e. The largest absolute Gasteiger partial charge is 0.365 e. The zero-order valence-electron chi connectivity index (χ0n) is 13.0. The number of pyridine rings is 1. The Balaban J connectivity index is 3.15. The number of nitrogens with two attached hydrogens (primary N) is 1. The summed E-state index contributed by atoms with van der Waals surface area (Å²) in [6, 6.07) is 1.87. The third kappa shape index (κ3) is 3.71. The van der Waals surface area contributed by atoms with Crippen LogP contribution in [0.3, 0.4) is 0 Å². The number of amides is 1. The van der Waals surface area contributed by atoms with Crippen LogP contribution in [-0.2, 0) is 6.54 Å². The monoisotopic (exact) mass is 278 g/mol. The summed E-state index contributed by atoms with van der Waals surface area (Å²) in [6.07, 6.45) is 4.47. The van der Waals surface area contributed by atoms with Gasteiger partial charge in [-0.1, -0.05) is 33.1 Å². The lowest BCUT2D eigenvalue weighted by Crippen LogP contribution is -2.33. The summed E-state index contributed by atoms with van der Waals surface area (Å²) in [5, 5.41) is 0. The summed E-state index contributed by atoms with van der Waals surface area (Å²) in [5.74, 6) is -0.169. The number of nitrogens with zero attached hydrogens (tertiary/aromatic N) is 1. The zero-order valence-corrected chi connectivity index (χ0v) is 13.0. The minimum absolute atomic E-state index is 0.126. The average Bonchev–Trinajstić information content (AvgIpc) is 2.37. The smallest absolute Gasteiger partial charge is 0.263 e. The number of carbonyl (C=O) groups is 1. The van der Waals surface area contributed by atoms with Gasteiger partial charge in [0, 0.05) is 12.2 Å². The normalized spacial score (nSPS) is 12.4. The van der Waals surface area contributed by atoms with E-state index >= 15 is 0 Å². The molecule has 1 aromatic heterocycles. The fourth-order valence-corrected chi connectivity index (χ4v) is 2.63. The zero-order chi connectivity index (χ0) is 15.3. The van der Waals surface area contributed by atoms with E-state index in [0.717, 1.165) is 25.0 Å². The van der Waals surface area contributed by atoms with Crippen LogP contribution in [-0.4, -0.2) is 10.5 Å². The Morgan fingerprint density at radius 3 is 2.50 bits per heavy atom. The van der Waals surface area contributed by atoms with Crippen LogP contribution >= 0.6 is 0 Å². The second kappa shape index (κ2) is 7.27. The Labute approximate surface area is 121 Å². The fourth-order valence-electron chi connectivity index (χ4n) is 2.63. The van der Waals surface area contributed by atoms with Gasteiger partial charge in [0.25, 0.3) is 11.5 Å². The molecule has 0 bridgehead atoms. The molecule has 1 amide bonds. The highest BCUT2D eigenvalue weighted by Gasteiger charge is 2.17. The van der Waals surface area contributed by atoms with Crippen molar-refractivity contribution < 1.29 is 4.79 Å². The molecule has 0 aliphatic rings. The second-order valence-electron chi connectivity index (χ2n) is 5.54. The molecule has 1 unspecified atom stereocenters. The highest BCUT2D eigenvalue weighted by atomic mass is 16.2. The lowest BCUT2D eigenvalue weighted by atomic mass is 9.98. The van der Waals surface area contributed by atoms with Gasteiger partial charge >= 0.3 is 0 Å². The Hall–Kier alpha value is -1.58. The van der Waals surface area contributed by atoms with E-state index in [1.807, 2.05) is 13.0 Å². The van der Waals surface area contributed by atoms with Crippen LogP contribution in [0.2, 0.25) is 0 Å². The SMILES string of the molecule is CCCCC(CC)Cn1c(C)cc(C)c(C(N)=O)c1=O. The molecule has 0 aromatic carbocycles. The molecule has 0 saturated heterocycles. The summed E-state index contributed by atoms with van der Waals surface area (Å²) in [5.41, 5.74) is 6.77. The van der Waals surface area contributed by atoms with E-state index in [1.54, 1.807) is 11.5 Å². The molecule has 112 valence electrons. The standard InChI is InChI=1S/C16H26N2O2/c1-5-7-8-13(6-2)10-18-12(4)9-11(3)14(15(17)19)16(18)20/h9,13H,5-8,10H2,1-4H3,(H2,17,19). The first kappa shape index (κ1) is 16.5. The van der Waals surface area contributed by atoms with Gasteiger partial charge in [-0.15, -0.1) is 0 Å². The van der Waals surface area contributed by atoms with Crippen molar-refractivity contribution in [2.24, 2.45) is 11.7 Å². The molecule has 0 spiro atoms. The fraction of sp³-hybridized carbons (Fsp3) is 0.625. The Morgan fingerprint density at radius 1 is 1.35 bits per heavy atom. The molecule has 1 aromatic rings. The van der Waals surface area contributed by atoms with Crippen molar-refractivity contribution in [2.75, 3.05) is 0 Å². The van der Waals surface area contributed by atoms with Crippen molar-refractivity contribution in [3.63, 3.8) is 0 Å². The van der Waals surface area contributed by atoms with E-state index in [2.05, 4.69) is 13.8 Å². The Bertz CT molecular complexity index is 532. The van der Waals surface area contributed by atoms with E-state index in [9.17, 15) is 9.59 Å². The van der Waals surface area contributed by atoms with E-state index in [0.29, 0.717) is 18.0 Å². The number of rotatable bonds is 7.